The van der Waals surface area contributed by atoms with Crippen LogP contribution >= 0.6 is 0 Å². The third-order valence-corrected chi connectivity index (χ3v) is 4.11. The maximum atomic E-state index is 6.13. The van der Waals surface area contributed by atoms with Crippen LogP contribution in [0.3, 0.4) is 0 Å². The van der Waals surface area contributed by atoms with Crippen molar-refractivity contribution in [2.45, 2.75) is 57.1 Å². The molecule has 0 aromatic heterocycles. The van der Waals surface area contributed by atoms with Crippen molar-refractivity contribution in [3.8, 4) is 0 Å². The number of hydrogen-bond donors (Lipinski definition) is 1. The van der Waals surface area contributed by atoms with Crippen LogP contribution in [0.2, 0.25) is 0 Å². The highest BCUT2D eigenvalue weighted by molar-refractivity contribution is 5.14. The lowest BCUT2D eigenvalue weighted by Crippen LogP contribution is -2.38. The third kappa shape index (κ3) is 4.96. The molecule has 2 nitrogen and oxygen atoms in total. The van der Waals surface area contributed by atoms with Gasteiger partial charge in [0.1, 0.15) is 0 Å². The Morgan fingerprint density at radius 1 is 1.11 bits per heavy atom. The smallest absolute Gasteiger partial charge is 0.0727 e. The lowest BCUT2D eigenvalue weighted by molar-refractivity contribution is 0.0228. The molecule has 0 radical (unpaired) electrons. The van der Waals surface area contributed by atoms with E-state index in [1.807, 2.05) is 0 Å². The standard InChI is InChI=1S/C17H27NO/c1-18-16-12-6-3-7-13-17(16)19-14-8-11-15-9-4-2-5-10-15/h2,4-5,9-10,16-18H,3,6-8,11-14H2,1H3. The van der Waals surface area contributed by atoms with Crippen LogP contribution < -0.4 is 5.32 Å². The monoisotopic (exact) mass is 261 g/mol. The summed E-state index contributed by atoms with van der Waals surface area (Å²) in [7, 11) is 2.07. The van der Waals surface area contributed by atoms with Gasteiger partial charge in [-0.15, -0.1) is 0 Å². The van der Waals surface area contributed by atoms with Gasteiger partial charge >= 0.3 is 0 Å². The quantitative estimate of drug-likeness (QED) is 0.624. The molecular weight excluding hydrogens is 234 g/mol. The number of likely N-dealkylation sites (N-methyl/N-ethyl adjacent to an activating group) is 1. The van der Waals surface area contributed by atoms with Crippen molar-refractivity contribution in [1.29, 1.82) is 0 Å². The molecule has 1 saturated carbocycles. The van der Waals surface area contributed by atoms with Gasteiger partial charge in [0.2, 0.25) is 0 Å². The first-order valence-corrected chi connectivity index (χ1v) is 7.73. The fourth-order valence-corrected chi connectivity index (χ4v) is 2.96. The van der Waals surface area contributed by atoms with Crippen molar-refractivity contribution in [2.75, 3.05) is 13.7 Å². The molecule has 1 fully saturated rings. The highest BCUT2D eigenvalue weighted by Gasteiger charge is 2.22. The van der Waals surface area contributed by atoms with E-state index < -0.39 is 0 Å². The zero-order valence-electron chi connectivity index (χ0n) is 12.1. The van der Waals surface area contributed by atoms with Crippen LogP contribution in [0.5, 0.6) is 0 Å². The summed E-state index contributed by atoms with van der Waals surface area (Å²) < 4.78 is 6.13. The van der Waals surface area contributed by atoms with Gasteiger partial charge in [-0.25, -0.2) is 0 Å². The molecule has 1 aliphatic rings. The Morgan fingerprint density at radius 2 is 1.89 bits per heavy atom. The van der Waals surface area contributed by atoms with Crippen molar-refractivity contribution in [2.24, 2.45) is 0 Å². The van der Waals surface area contributed by atoms with Gasteiger partial charge in [0.15, 0.2) is 0 Å². The van der Waals surface area contributed by atoms with Crippen molar-refractivity contribution in [3.05, 3.63) is 35.9 Å². The van der Waals surface area contributed by atoms with Crippen molar-refractivity contribution in [1.82, 2.24) is 5.32 Å². The highest BCUT2D eigenvalue weighted by Crippen LogP contribution is 2.20. The third-order valence-electron chi connectivity index (χ3n) is 4.11. The second-order valence-electron chi connectivity index (χ2n) is 5.53. The second kappa shape index (κ2) is 8.34. The van der Waals surface area contributed by atoms with Gasteiger partial charge in [-0.2, -0.15) is 0 Å². The first-order valence-electron chi connectivity index (χ1n) is 7.73. The zero-order chi connectivity index (χ0) is 13.3. The van der Waals surface area contributed by atoms with E-state index in [9.17, 15) is 0 Å². The molecule has 2 atom stereocenters. The van der Waals surface area contributed by atoms with Gasteiger partial charge in [-0.3, -0.25) is 0 Å². The van der Waals surface area contributed by atoms with E-state index in [1.54, 1.807) is 0 Å². The van der Waals surface area contributed by atoms with Crippen molar-refractivity contribution >= 4 is 0 Å². The van der Waals surface area contributed by atoms with Gasteiger partial charge in [0.05, 0.1) is 6.10 Å². The van der Waals surface area contributed by atoms with Gasteiger partial charge in [0, 0.05) is 12.6 Å². The van der Waals surface area contributed by atoms with E-state index in [0.29, 0.717) is 12.1 Å². The van der Waals surface area contributed by atoms with Gasteiger partial charge in [-0.05, 0) is 38.3 Å². The van der Waals surface area contributed by atoms with Crippen molar-refractivity contribution in [3.63, 3.8) is 0 Å². The molecule has 0 saturated heterocycles. The largest absolute Gasteiger partial charge is 0.377 e. The molecule has 0 spiro atoms. The Labute approximate surface area is 117 Å². The Morgan fingerprint density at radius 3 is 2.68 bits per heavy atom. The maximum absolute atomic E-state index is 6.13. The molecule has 1 aromatic carbocycles. The van der Waals surface area contributed by atoms with E-state index in [4.69, 9.17) is 4.74 Å². The molecule has 19 heavy (non-hydrogen) atoms. The number of rotatable bonds is 6. The minimum atomic E-state index is 0.420. The number of aryl methyl sites for hydroxylation is 1. The molecule has 0 amide bonds. The summed E-state index contributed by atoms with van der Waals surface area (Å²) in [5.41, 5.74) is 1.41. The molecular formula is C17H27NO. The topological polar surface area (TPSA) is 21.3 Å². The molecule has 1 N–H and O–H groups in total. The van der Waals surface area contributed by atoms with E-state index >= 15 is 0 Å². The molecule has 2 rings (SSSR count). The fourth-order valence-electron chi connectivity index (χ4n) is 2.96. The van der Waals surface area contributed by atoms with Crippen LogP contribution in [0.25, 0.3) is 0 Å². The average molecular weight is 261 g/mol. The Bertz CT molecular complexity index is 338. The fraction of sp³-hybridized carbons (Fsp3) is 0.647. The first kappa shape index (κ1) is 14.5. The Kier molecular flexibility index (Phi) is 6.38. The van der Waals surface area contributed by atoms with Gasteiger partial charge < -0.3 is 10.1 Å². The molecule has 0 aliphatic heterocycles. The predicted octanol–water partition coefficient (Wildman–Crippen LogP) is 3.56. The lowest BCUT2D eigenvalue weighted by Gasteiger charge is -2.25. The van der Waals surface area contributed by atoms with Gasteiger partial charge in [-0.1, -0.05) is 49.6 Å². The molecule has 1 aliphatic carbocycles. The highest BCUT2D eigenvalue weighted by atomic mass is 16.5. The van der Waals surface area contributed by atoms with Crippen LogP contribution in [-0.4, -0.2) is 25.8 Å². The molecule has 106 valence electrons. The summed E-state index contributed by atoms with van der Waals surface area (Å²) in [5, 5.41) is 3.43. The number of nitrogens with one attached hydrogen (secondary N) is 1. The molecule has 1 aromatic rings. The van der Waals surface area contributed by atoms with Crippen LogP contribution in [-0.2, 0) is 11.2 Å². The summed E-state index contributed by atoms with van der Waals surface area (Å²) in [4.78, 5) is 0. The van der Waals surface area contributed by atoms with Gasteiger partial charge in [0.25, 0.3) is 0 Å². The van der Waals surface area contributed by atoms with Crippen LogP contribution in [0.4, 0.5) is 0 Å². The lowest BCUT2D eigenvalue weighted by atomic mass is 10.1. The summed E-state index contributed by atoms with van der Waals surface area (Å²) in [6.07, 6.45) is 9.17. The van der Waals surface area contributed by atoms with Crippen LogP contribution in [0.1, 0.15) is 44.1 Å². The minimum absolute atomic E-state index is 0.420. The molecule has 0 bridgehead atoms. The molecule has 0 heterocycles. The summed E-state index contributed by atoms with van der Waals surface area (Å²) in [5.74, 6) is 0. The SMILES string of the molecule is CNC1CCCCCC1OCCCc1ccccc1. The summed E-state index contributed by atoms with van der Waals surface area (Å²) in [6, 6.07) is 11.2. The average Bonchev–Trinajstić information content (AvgIpc) is 2.69. The van der Waals surface area contributed by atoms with E-state index in [0.717, 1.165) is 19.4 Å². The maximum Gasteiger partial charge on any atom is 0.0727 e. The van der Waals surface area contributed by atoms with E-state index in [2.05, 4.69) is 42.7 Å². The Balaban J connectivity index is 1.69. The summed E-state index contributed by atoms with van der Waals surface area (Å²) >= 11 is 0. The second-order valence-corrected chi connectivity index (χ2v) is 5.53. The van der Waals surface area contributed by atoms with Crippen LogP contribution in [0, 0.1) is 0 Å². The zero-order valence-corrected chi connectivity index (χ0v) is 12.1. The number of hydrogen-bond acceptors (Lipinski definition) is 2. The predicted molar refractivity (Wildman–Crippen MR) is 80.4 cm³/mol. The minimum Gasteiger partial charge on any atom is -0.377 e. The van der Waals surface area contributed by atoms with Crippen molar-refractivity contribution < 1.29 is 4.74 Å². The van der Waals surface area contributed by atoms with Crippen LogP contribution in [0.15, 0.2) is 30.3 Å². The van der Waals surface area contributed by atoms with E-state index in [-0.39, 0.29) is 0 Å². The summed E-state index contributed by atoms with van der Waals surface area (Å²) in [6.45, 7) is 0.887. The first-order chi connectivity index (χ1) is 9.40. The van der Waals surface area contributed by atoms with E-state index in [1.165, 1.54) is 37.7 Å². The normalized spacial score (nSPS) is 24.1. The Hall–Kier alpha value is -0.860. The molecule has 2 heteroatoms. The molecule has 2 unspecified atom stereocenters. The number of ether oxygens (including phenoxy) is 1. The number of benzene rings is 1.